The minimum atomic E-state index is -0.0906. The molecule has 1 saturated carbocycles. The van der Waals surface area contributed by atoms with E-state index in [0.29, 0.717) is 6.61 Å². The maximum absolute atomic E-state index is 10.0. The number of hydrogen-bond acceptors (Lipinski definition) is 1. The van der Waals surface area contributed by atoms with Crippen molar-refractivity contribution in [3.8, 4) is 0 Å². The van der Waals surface area contributed by atoms with Crippen molar-refractivity contribution in [1.82, 2.24) is 0 Å². The molecule has 0 aromatic carbocycles. The second-order valence-corrected chi connectivity index (χ2v) is 3.28. The topological polar surface area (TPSA) is 29.1 Å². The first-order chi connectivity index (χ1) is 5.43. The van der Waals surface area contributed by atoms with Gasteiger partial charge in [-0.1, -0.05) is 19.3 Å². The van der Waals surface area contributed by atoms with E-state index in [4.69, 9.17) is 4.74 Å². The largest absolute Gasteiger partial charge is 0.379 e. The van der Waals surface area contributed by atoms with Gasteiger partial charge >= 0.3 is 0 Å². The minimum absolute atomic E-state index is 0.0906. The zero-order chi connectivity index (χ0) is 7.94. The average Bonchev–Trinajstić information content (AvgIpc) is 2.07. The Bertz CT molecular complexity index is 87.6. The van der Waals surface area contributed by atoms with Crippen molar-refractivity contribution in [2.75, 3.05) is 19.8 Å². The van der Waals surface area contributed by atoms with Crippen LogP contribution in [0.5, 0.6) is 0 Å². The first-order valence-corrected chi connectivity index (χ1v) is 4.59. The lowest BCUT2D eigenvalue weighted by Gasteiger charge is -2.20. The lowest BCUT2D eigenvalue weighted by molar-refractivity contribution is 0.0383. The van der Waals surface area contributed by atoms with E-state index in [1.54, 1.807) is 0 Å². The maximum atomic E-state index is 10.0. The summed E-state index contributed by atoms with van der Waals surface area (Å²) < 4.78 is 5.21. The van der Waals surface area contributed by atoms with E-state index in [1.165, 1.54) is 32.1 Å². The van der Waals surface area contributed by atoms with Gasteiger partial charge in [0.1, 0.15) is 6.61 Å². The van der Waals surface area contributed by atoms with Crippen molar-refractivity contribution < 1.29 is 9.84 Å². The van der Waals surface area contributed by atoms with Crippen LogP contribution in [0.3, 0.4) is 0 Å². The van der Waals surface area contributed by atoms with Crippen LogP contribution in [0.1, 0.15) is 32.1 Å². The second-order valence-electron chi connectivity index (χ2n) is 3.28. The normalized spacial score (nSPS) is 20.5. The molecule has 1 radical (unpaired) electrons. The van der Waals surface area contributed by atoms with Crippen LogP contribution in [0, 0.1) is 5.92 Å². The van der Waals surface area contributed by atoms with Crippen LogP contribution >= 0.6 is 0 Å². The standard InChI is InChI=1S/C9H17O2/c10-6-7-11-8-9-4-2-1-3-5-9/h9H,1-8H2. The second kappa shape index (κ2) is 5.56. The van der Waals surface area contributed by atoms with E-state index >= 15 is 0 Å². The molecular formula is C9H17O2. The Balaban J connectivity index is 1.96. The molecule has 1 rings (SSSR count). The van der Waals surface area contributed by atoms with Crippen molar-refractivity contribution in [3.63, 3.8) is 0 Å². The predicted molar refractivity (Wildman–Crippen MR) is 42.9 cm³/mol. The summed E-state index contributed by atoms with van der Waals surface area (Å²) in [6.45, 7) is 1.13. The first kappa shape index (κ1) is 9.01. The minimum Gasteiger partial charge on any atom is -0.379 e. The number of hydrogen-bond donors (Lipinski definition) is 0. The van der Waals surface area contributed by atoms with Gasteiger partial charge in [0.05, 0.1) is 6.61 Å². The van der Waals surface area contributed by atoms with Gasteiger partial charge in [0, 0.05) is 6.61 Å². The molecule has 2 nitrogen and oxygen atoms in total. The Hall–Kier alpha value is -0.0800. The van der Waals surface area contributed by atoms with Gasteiger partial charge in [0.25, 0.3) is 0 Å². The molecule has 2 heteroatoms. The fraction of sp³-hybridized carbons (Fsp3) is 1.00. The van der Waals surface area contributed by atoms with Crippen LogP contribution in [0.15, 0.2) is 0 Å². The lowest BCUT2D eigenvalue weighted by atomic mass is 9.90. The molecule has 0 aromatic heterocycles. The van der Waals surface area contributed by atoms with Gasteiger partial charge in [0.15, 0.2) is 0 Å². The van der Waals surface area contributed by atoms with Gasteiger partial charge in [0.2, 0.25) is 0 Å². The van der Waals surface area contributed by atoms with Gasteiger partial charge < -0.3 is 4.74 Å². The molecule has 0 amide bonds. The monoisotopic (exact) mass is 157 g/mol. The molecule has 0 N–H and O–H groups in total. The van der Waals surface area contributed by atoms with E-state index in [1.807, 2.05) is 0 Å². The van der Waals surface area contributed by atoms with E-state index in [0.717, 1.165) is 12.5 Å². The van der Waals surface area contributed by atoms with E-state index in [2.05, 4.69) is 0 Å². The zero-order valence-corrected chi connectivity index (χ0v) is 7.05. The quantitative estimate of drug-likeness (QED) is 0.574. The molecule has 0 aromatic rings. The molecule has 1 aliphatic rings. The molecule has 0 unspecified atom stereocenters. The van der Waals surface area contributed by atoms with Gasteiger partial charge in [-0.3, -0.25) is 0 Å². The fourth-order valence-corrected chi connectivity index (χ4v) is 1.66. The molecule has 0 spiro atoms. The molecule has 11 heavy (non-hydrogen) atoms. The van der Waals surface area contributed by atoms with E-state index in [-0.39, 0.29) is 6.61 Å². The maximum Gasteiger partial charge on any atom is 0.106 e. The summed E-state index contributed by atoms with van der Waals surface area (Å²) in [4.78, 5) is 0. The van der Waals surface area contributed by atoms with Gasteiger partial charge in [-0.05, 0) is 18.8 Å². The zero-order valence-electron chi connectivity index (χ0n) is 7.05. The molecule has 0 atom stereocenters. The third-order valence-electron chi connectivity index (χ3n) is 2.31. The van der Waals surface area contributed by atoms with Crippen LogP contribution < -0.4 is 0 Å². The summed E-state index contributed by atoms with van der Waals surface area (Å²) in [5.74, 6) is 0.746. The highest BCUT2D eigenvalue weighted by molar-refractivity contribution is 4.64. The molecular weight excluding hydrogens is 140 g/mol. The predicted octanol–water partition coefficient (Wildman–Crippen LogP) is 2.01. The Kier molecular flexibility index (Phi) is 4.55. The van der Waals surface area contributed by atoms with Crippen molar-refractivity contribution in [2.24, 2.45) is 5.92 Å². The van der Waals surface area contributed by atoms with Crippen LogP contribution in [0.4, 0.5) is 0 Å². The summed E-state index contributed by atoms with van der Waals surface area (Å²) in [6.07, 6.45) is 6.70. The fourth-order valence-electron chi connectivity index (χ4n) is 1.66. The lowest BCUT2D eigenvalue weighted by Crippen LogP contribution is -2.14. The summed E-state index contributed by atoms with van der Waals surface area (Å²) in [5.41, 5.74) is 0. The third-order valence-corrected chi connectivity index (χ3v) is 2.31. The molecule has 65 valence electrons. The highest BCUT2D eigenvalue weighted by Gasteiger charge is 2.12. The van der Waals surface area contributed by atoms with Crippen molar-refractivity contribution in [3.05, 3.63) is 0 Å². The van der Waals surface area contributed by atoms with Crippen molar-refractivity contribution in [2.45, 2.75) is 32.1 Å². The summed E-state index contributed by atoms with van der Waals surface area (Å²) in [7, 11) is 0. The molecule has 1 aliphatic carbocycles. The van der Waals surface area contributed by atoms with Gasteiger partial charge in [-0.2, -0.15) is 0 Å². The molecule has 1 fully saturated rings. The highest BCUT2D eigenvalue weighted by Crippen LogP contribution is 2.23. The number of rotatable bonds is 4. The molecule has 0 bridgehead atoms. The van der Waals surface area contributed by atoms with Crippen LogP contribution in [-0.2, 0) is 9.84 Å². The Morgan fingerprint density at radius 1 is 1.18 bits per heavy atom. The van der Waals surface area contributed by atoms with E-state index in [9.17, 15) is 5.11 Å². The number of ether oxygens (including phenoxy) is 1. The summed E-state index contributed by atoms with van der Waals surface area (Å²) in [5, 5.41) is 10.0. The van der Waals surface area contributed by atoms with Crippen molar-refractivity contribution in [1.29, 1.82) is 0 Å². The molecule has 0 aliphatic heterocycles. The SMILES string of the molecule is [O]CCOCC1CCCCC1. The van der Waals surface area contributed by atoms with Crippen LogP contribution in [0.25, 0.3) is 0 Å². The first-order valence-electron chi connectivity index (χ1n) is 4.59. The summed E-state index contributed by atoms with van der Waals surface area (Å²) in [6, 6.07) is 0. The molecule has 0 heterocycles. The molecule has 0 saturated heterocycles. The van der Waals surface area contributed by atoms with Gasteiger partial charge in [-0.15, -0.1) is 0 Å². The summed E-state index contributed by atoms with van der Waals surface area (Å²) >= 11 is 0. The highest BCUT2D eigenvalue weighted by atomic mass is 16.5. The van der Waals surface area contributed by atoms with Crippen LogP contribution in [0.2, 0.25) is 0 Å². The smallest absolute Gasteiger partial charge is 0.106 e. The Labute approximate surface area is 68.6 Å². The van der Waals surface area contributed by atoms with E-state index < -0.39 is 0 Å². The van der Waals surface area contributed by atoms with Crippen LogP contribution in [-0.4, -0.2) is 19.8 Å². The Morgan fingerprint density at radius 2 is 1.91 bits per heavy atom. The van der Waals surface area contributed by atoms with Crippen molar-refractivity contribution >= 4 is 0 Å². The van der Waals surface area contributed by atoms with Gasteiger partial charge in [-0.25, -0.2) is 5.11 Å². The average molecular weight is 157 g/mol. The third kappa shape index (κ3) is 3.73. The Morgan fingerprint density at radius 3 is 2.55 bits per heavy atom.